The first-order valence-corrected chi connectivity index (χ1v) is 8.30. The van der Waals surface area contributed by atoms with Crippen molar-refractivity contribution in [2.24, 2.45) is 0 Å². The highest BCUT2D eigenvalue weighted by Gasteiger charge is 2.54. The molecule has 24 heavy (non-hydrogen) atoms. The second-order valence-electron chi connectivity index (χ2n) is 9.14. The molecule has 2 fully saturated rings. The van der Waals surface area contributed by atoms with Crippen molar-refractivity contribution in [3.8, 4) is 0 Å². The third-order valence-electron chi connectivity index (χ3n) is 5.13. The molecule has 2 aliphatic heterocycles. The highest BCUT2D eigenvalue weighted by molar-refractivity contribution is 4.98. The van der Waals surface area contributed by atoms with Crippen LogP contribution in [0.25, 0.3) is 0 Å². The Morgan fingerprint density at radius 3 is 0.917 bits per heavy atom. The van der Waals surface area contributed by atoms with E-state index in [1.54, 1.807) is 6.92 Å². The van der Waals surface area contributed by atoms with Crippen molar-refractivity contribution < 1.29 is 24.1 Å². The van der Waals surface area contributed by atoms with E-state index in [2.05, 4.69) is 27.7 Å². The molecule has 1 N–H and O–H groups in total. The van der Waals surface area contributed by atoms with Crippen LogP contribution in [0.1, 0.15) is 83.6 Å². The van der Waals surface area contributed by atoms with Crippen molar-refractivity contribution >= 4 is 0 Å². The predicted molar refractivity (Wildman–Crippen MR) is 97.0 cm³/mol. The van der Waals surface area contributed by atoms with Crippen LogP contribution in [-0.4, -0.2) is 45.7 Å². The van der Waals surface area contributed by atoms with E-state index in [1.165, 1.54) is 0 Å². The van der Waals surface area contributed by atoms with E-state index < -0.39 is 11.6 Å². The maximum absolute atomic E-state index is 9.04. The van der Waals surface area contributed by atoms with E-state index in [0.717, 1.165) is 0 Å². The first-order valence-electron chi connectivity index (χ1n) is 8.30. The Bertz CT molecular complexity index is 401. The molecular weight excluding hydrogens is 308 g/mol. The SMILES string of the molecule is C.CC1(C)OC(C)(C)C(C)(C)O1.CC1(CO)OC(C)(C)C(C)(C)O1. The van der Waals surface area contributed by atoms with Gasteiger partial charge in [-0.1, -0.05) is 7.43 Å². The van der Waals surface area contributed by atoms with E-state index in [-0.39, 0.29) is 36.4 Å². The fourth-order valence-corrected chi connectivity index (χ4v) is 2.91. The average Bonchev–Trinajstić information content (AvgIpc) is 2.49. The molecule has 0 radical (unpaired) electrons. The smallest absolute Gasteiger partial charge is 0.190 e. The molecule has 0 unspecified atom stereocenters. The van der Waals surface area contributed by atoms with Gasteiger partial charge in [-0.05, 0) is 76.2 Å². The molecule has 0 atom stereocenters. The van der Waals surface area contributed by atoms with Crippen LogP contribution in [0.3, 0.4) is 0 Å². The molecule has 2 heterocycles. The van der Waals surface area contributed by atoms with Crippen LogP contribution in [0.5, 0.6) is 0 Å². The molecule has 2 aliphatic rings. The zero-order valence-electron chi connectivity index (χ0n) is 16.8. The van der Waals surface area contributed by atoms with E-state index in [1.807, 2.05) is 41.5 Å². The molecule has 5 heteroatoms. The molecule has 146 valence electrons. The second kappa shape index (κ2) is 6.51. The van der Waals surface area contributed by atoms with Gasteiger partial charge in [0.25, 0.3) is 0 Å². The molecule has 0 aromatic heterocycles. The Hall–Kier alpha value is -0.200. The van der Waals surface area contributed by atoms with Crippen molar-refractivity contribution in [1.82, 2.24) is 0 Å². The highest BCUT2D eigenvalue weighted by Crippen LogP contribution is 2.44. The third kappa shape index (κ3) is 4.70. The lowest BCUT2D eigenvalue weighted by Gasteiger charge is -2.30. The maximum Gasteiger partial charge on any atom is 0.190 e. The number of aliphatic hydroxyl groups is 1. The number of rotatable bonds is 1. The van der Waals surface area contributed by atoms with E-state index in [9.17, 15) is 0 Å². The lowest BCUT2D eigenvalue weighted by Crippen LogP contribution is -2.41. The molecule has 0 saturated carbocycles. The summed E-state index contributed by atoms with van der Waals surface area (Å²) in [6.45, 7) is 21.6. The Balaban J connectivity index is 0.000000425. The van der Waals surface area contributed by atoms with Crippen molar-refractivity contribution in [3.05, 3.63) is 0 Å². The summed E-state index contributed by atoms with van der Waals surface area (Å²) in [4.78, 5) is 0. The van der Waals surface area contributed by atoms with Crippen LogP contribution in [0.15, 0.2) is 0 Å². The second-order valence-corrected chi connectivity index (χ2v) is 9.14. The molecule has 0 amide bonds. The summed E-state index contributed by atoms with van der Waals surface area (Å²) in [7, 11) is 0. The maximum atomic E-state index is 9.04. The minimum absolute atomic E-state index is 0. The van der Waals surface area contributed by atoms with Gasteiger partial charge in [-0.2, -0.15) is 0 Å². The van der Waals surface area contributed by atoms with Crippen LogP contribution in [-0.2, 0) is 18.9 Å². The van der Waals surface area contributed by atoms with Gasteiger partial charge in [0.15, 0.2) is 11.6 Å². The van der Waals surface area contributed by atoms with E-state index in [0.29, 0.717) is 0 Å². The van der Waals surface area contributed by atoms with Crippen LogP contribution >= 0.6 is 0 Å². The summed E-state index contributed by atoms with van der Waals surface area (Å²) in [6, 6.07) is 0. The van der Waals surface area contributed by atoms with Crippen LogP contribution in [0.2, 0.25) is 0 Å². The molecule has 5 nitrogen and oxygen atoms in total. The number of hydrogen-bond donors (Lipinski definition) is 1. The number of ether oxygens (including phenoxy) is 4. The molecule has 2 saturated heterocycles. The van der Waals surface area contributed by atoms with Crippen molar-refractivity contribution in [1.29, 1.82) is 0 Å². The number of aliphatic hydroxyl groups excluding tert-OH is 1. The quantitative estimate of drug-likeness (QED) is 0.767. The van der Waals surface area contributed by atoms with Gasteiger partial charge in [0.1, 0.15) is 0 Å². The Morgan fingerprint density at radius 1 is 0.542 bits per heavy atom. The largest absolute Gasteiger partial charge is 0.391 e. The normalized spacial score (nSPS) is 30.0. The topological polar surface area (TPSA) is 57.2 Å². The van der Waals surface area contributed by atoms with Gasteiger partial charge in [-0.3, -0.25) is 0 Å². The monoisotopic (exact) mass is 348 g/mol. The first kappa shape index (κ1) is 23.8. The number of hydrogen-bond acceptors (Lipinski definition) is 5. The summed E-state index contributed by atoms with van der Waals surface area (Å²) in [5, 5.41) is 9.04. The van der Waals surface area contributed by atoms with Gasteiger partial charge in [-0.15, -0.1) is 0 Å². The summed E-state index contributed by atoms with van der Waals surface area (Å²) >= 11 is 0. The molecule has 0 spiro atoms. The van der Waals surface area contributed by atoms with Crippen molar-refractivity contribution in [3.63, 3.8) is 0 Å². The zero-order valence-corrected chi connectivity index (χ0v) is 16.8. The third-order valence-corrected chi connectivity index (χ3v) is 5.13. The molecule has 0 aromatic rings. The molecular formula is C19H40O5. The van der Waals surface area contributed by atoms with Gasteiger partial charge in [0.05, 0.1) is 29.0 Å². The summed E-state index contributed by atoms with van der Waals surface area (Å²) in [6.07, 6.45) is 0. The average molecular weight is 349 g/mol. The van der Waals surface area contributed by atoms with Gasteiger partial charge in [0, 0.05) is 0 Å². The lowest BCUT2D eigenvalue weighted by molar-refractivity contribution is -0.200. The zero-order chi connectivity index (χ0) is 18.5. The van der Waals surface area contributed by atoms with Crippen molar-refractivity contribution in [2.75, 3.05) is 6.61 Å². The van der Waals surface area contributed by atoms with E-state index in [4.69, 9.17) is 24.1 Å². The standard InChI is InChI=1S/C9H18O3.C9H18O2.CH4/c1-7(2)8(3,4)12-9(5,6-10)11-7;1-7(2)8(3,4)11-9(5,6)10-7;/h10H,6H2,1-5H3;1-6H3;1H4. The predicted octanol–water partition coefficient (Wildman–Crippen LogP) is 4.26. The molecule has 0 bridgehead atoms. The summed E-state index contributed by atoms with van der Waals surface area (Å²) in [5.41, 5.74) is -1.11. The Morgan fingerprint density at radius 2 is 0.792 bits per heavy atom. The van der Waals surface area contributed by atoms with Gasteiger partial charge in [-0.25, -0.2) is 0 Å². The highest BCUT2D eigenvalue weighted by atomic mass is 16.8. The molecule has 2 rings (SSSR count). The molecule has 0 aliphatic carbocycles. The fraction of sp³-hybridized carbons (Fsp3) is 1.00. The van der Waals surface area contributed by atoms with E-state index >= 15 is 0 Å². The van der Waals surface area contributed by atoms with Crippen LogP contribution < -0.4 is 0 Å². The lowest BCUT2D eigenvalue weighted by atomic mass is 9.90. The minimum Gasteiger partial charge on any atom is -0.391 e. The summed E-state index contributed by atoms with van der Waals surface area (Å²) < 4.78 is 22.7. The first-order chi connectivity index (χ1) is 9.89. The minimum atomic E-state index is -0.840. The van der Waals surface area contributed by atoms with Gasteiger partial charge < -0.3 is 24.1 Å². The fourth-order valence-electron chi connectivity index (χ4n) is 2.91. The Kier molecular flexibility index (Phi) is 6.45. The van der Waals surface area contributed by atoms with Crippen LogP contribution in [0.4, 0.5) is 0 Å². The Labute approximate surface area is 149 Å². The van der Waals surface area contributed by atoms with Crippen molar-refractivity contribution in [2.45, 2.75) is 118 Å². The molecule has 0 aromatic carbocycles. The van der Waals surface area contributed by atoms with Gasteiger partial charge >= 0.3 is 0 Å². The summed E-state index contributed by atoms with van der Waals surface area (Å²) in [5.74, 6) is -1.28. The van der Waals surface area contributed by atoms with Crippen LogP contribution in [0, 0.1) is 0 Å². The van der Waals surface area contributed by atoms with Gasteiger partial charge in [0.2, 0.25) is 0 Å².